The second-order valence-electron chi connectivity index (χ2n) is 3.86. The number of benzene rings is 1. The van der Waals surface area contributed by atoms with E-state index < -0.39 is 15.8 Å². The molecule has 2 aromatic rings. The summed E-state index contributed by atoms with van der Waals surface area (Å²) in [6.45, 7) is 0.286. The number of hydrogen-bond donors (Lipinski definition) is 1. The van der Waals surface area contributed by atoms with Crippen molar-refractivity contribution in [3.63, 3.8) is 0 Å². The lowest BCUT2D eigenvalue weighted by Crippen LogP contribution is -2.25. The van der Waals surface area contributed by atoms with Crippen LogP contribution in [0, 0.1) is 5.82 Å². The van der Waals surface area contributed by atoms with Gasteiger partial charge in [-0.05, 0) is 47.0 Å². The van der Waals surface area contributed by atoms with E-state index in [0.717, 1.165) is 17.7 Å². The Morgan fingerprint density at radius 1 is 1.32 bits per heavy atom. The Kier molecular flexibility index (Phi) is 4.57. The summed E-state index contributed by atoms with van der Waals surface area (Å²) in [6.07, 6.45) is 0.609. The lowest BCUT2D eigenvalue weighted by Gasteiger charge is -2.06. The van der Waals surface area contributed by atoms with E-state index in [2.05, 4.69) is 4.72 Å². The van der Waals surface area contributed by atoms with Gasteiger partial charge in [0.15, 0.2) is 0 Å². The minimum atomic E-state index is -3.65. The van der Waals surface area contributed by atoms with Crippen LogP contribution < -0.4 is 4.72 Å². The van der Waals surface area contributed by atoms with Crippen LogP contribution in [-0.4, -0.2) is 15.0 Å². The fraction of sp³-hybridized carbons (Fsp3) is 0.167. The van der Waals surface area contributed by atoms with Crippen LogP contribution in [0.15, 0.2) is 39.9 Å². The first kappa shape index (κ1) is 14.5. The van der Waals surface area contributed by atoms with Gasteiger partial charge in [0.2, 0.25) is 10.0 Å². The van der Waals surface area contributed by atoms with Gasteiger partial charge in [0.05, 0.1) is 9.92 Å². The largest absolute Gasteiger partial charge is 0.240 e. The molecule has 0 amide bonds. The molecule has 0 aliphatic carbocycles. The summed E-state index contributed by atoms with van der Waals surface area (Å²) in [5.74, 6) is -0.640. The molecule has 0 fully saturated rings. The van der Waals surface area contributed by atoms with Crippen LogP contribution >= 0.6 is 22.9 Å². The Morgan fingerprint density at radius 2 is 2.11 bits per heavy atom. The molecule has 1 N–H and O–H groups in total. The molecule has 0 unspecified atom stereocenters. The molecule has 0 saturated carbocycles. The maximum atomic E-state index is 13.0. The van der Waals surface area contributed by atoms with E-state index >= 15 is 0 Å². The Hall–Kier alpha value is -0.950. The molecule has 0 spiro atoms. The molecule has 2 rings (SSSR count). The first-order chi connectivity index (χ1) is 8.99. The van der Waals surface area contributed by atoms with E-state index in [-0.39, 0.29) is 16.5 Å². The minimum absolute atomic E-state index is 0.0378. The zero-order chi connectivity index (χ0) is 13.9. The van der Waals surface area contributed by atoms with Crippen molar-refractivity contribution >= 4 is 33.0 Å². The molecular formula is C12H11ClFNO2S2. The van der Waals surface area contributed by atoms with Crippen molar-refractivity contribution in [3.05, 3.63) is 51.4 Å². The highest BCUT2D eigenvalue weighted by Crippen LogP contribution is 2.19. The highest BCUT2D eigenvalue weighted by molar-refractivity contribution is 7.89. The fourth-order valence-electron chi connectivity index (χ4n) is 1.49. The van der Waals surface area contributed by atoms with E-state index in [1.807, 2.05) is 16.8 Å². The molecule has 0 aliphatic rings. The molecule has 0 saturated heterocycles. The van der Waals surface area contributed by atoms with Gasteiger partial charge < -0.3 is 0 Å². The number of nitrogens with one attached hydrogen (secondary N) is 1. The van der Waals surface area contributed by atoms with Crippen LogP contribution in [0.4, 0.5) is 4.39 Å². The molecule has 3 nitrogen and oxygen atoms in total. The number of hydrogen-bond acceptors (Lipinski definition) is 3. The zero-order valence-electron chi connectivity index (χ0n) is 9.77. The van der Waals surface area contributed by atoms with Crippen LogP contribution in [0.3, 0.4) is 0 Å². The van der Waals surface area contributed by atoms with E-state index in [1.165, 1.54) is 6.07 Å². The lowest BCUT2D eigenvalue weighted by atomic mass is 10.2. The smallest absolute Gasteiger partial charge is 0.211 e. The van der Waals surface area contributed by atoms with Crippen LogP contribution in [-0.2, 0) is 16.4 Å². The van der Waals surface area contributed by atoms with Gasteiger partial charge in [0.1, 0.15) is 5.82 Å². The van der Waals surface area contributed by atoms with Crippen molar-refractivity contribution in [2.45, 2.75) is 11.3 Å². The molecule has 7 heteroatoms. The molecule has 0 bridgehead atoms. The van der Waals surface area contributed by atoms with Gasteiger partial charge >= 0.3 is 0 Å². The molecule has 19 heavy (non-hydrogen) atoms. The standard InChI is InChI=1S/C12H11ClFNO2S2/c13-11-7-10(1-2-12(11)14)19(16,17)15-5-3-9-4-6-18-8-9/h1-2,4,6-8,15H,3,5H2. The van der Waals surface area contributed by atoms with Crippen LogP contribution in [0.2, 0.25) is 5.02 Å². The summed E-state index contributed by atoms with van der Waals surface area (Å²) in [5, 5.41) is 3.69. The number of halogens is 2. The average molecular weight is 320 g/mol. The van der Waals surface area contributed by atoms with Crippen molar-refractivity contribution in [1.29, 1.82) is 0 Å². The lowest BCUT2D eigenvalue weighted by molar-refractivity contribution is 0.580. The molecule has 1 aromatic heterocycles. The van der Waals surface area contributed by atoms with Gasteiger partial charge in [-0.2, -0.15) is 11.3 Å². The van der Waals surface area contributed by atoms with Crippen LogP contribution in [0.1, 0.15) is 5.56 Å². The maximum Gasteiger partial charge on any atom is 0.240 e. The first-order valence-corrected chi connectivity index (χ1v) is 8.25. The Bertz CT molecular complexity index is 656. The maximum absolute atomic E-state index is 13.0. The molecule has 0 radical (unpaired) electrons. The number of rotatable bonds is 5. The summed E-state index contributed by atoms with van der Waals surface area (Å²) in [6, 6.07) is 5.27. The first-order valence-electron chi connectivity index (χ1n) is 5.45. The van der Waals surface area contributed by atoms with Crippen molar-refractivity contribution in [2.24, 2.45) is 0 Å². The second-order valence-corrected chi connectivity index (χ2v) is 6.81. The third kappa shape index (κ3) is 3.76. The average Bonchev–Trinajstić information content (AvgIpc) is 2.85. The van der Waals surface area contributed by atoms with Gasteiger partial charge in [0.25, 0.3) is 0 Å². The normalized spacial score (nSPS) is 11.7. The molecule has 1 heterocycles. The third-order valence-electron chi connectivity index (χ3n) is 2.49. The summed E-state index contributed by atoms with van der Waals surface area (Å²) in [4.78, 5) is -0.0378. The highest BCUT2D eigenvalue weighted by Gasteiger charge is 2.15. The van der Waals surface area contributed by atoms with Crippen LogP contribution in [0.5, 0.6) is 0 Å². The predicted octanol–water partition coefficient (Wildman–Crippen LogP) is 3.06. The molecule has 0 atom stereocenters. The van der Waals surface area contributed by atoms with Crippen molar-refractivity contribution in [1.82, 2.24) is 4.72 Å². The predicted molar refractivity (Wildman–Crippen MR) is 74.6 cm³/mol. The van der Waals surface area contributed by atoms with E-state index in [9.17, 15) is 12.8 Å². The Balaban J connectivity index is 2.03. The van der Waals surface area contributed by atoms with Crippen molar-refractivity contribution < 1.29 is 12.8 Å². The third-order valence-corrected chi connectivity index (χ3v) is 4.97. The Labute approximate surface area is 120 Å². The van der Waals surface area contributed by atoms with Gasteiger partial charge in [-0.15, -0.1) is 0 Å². The monoisotopic (exact) mass is 319 g/mol. The molecule has 102 valence electrons. The van der Waals surface area contributed by atoms with E-state index in [1.54, 1.807) is 11.3 Å². The molecule has 1 aromatic carbocycles. The fourth-order valence-corrected chi connectivity index (χ4v) is 3.50. The van der Waals surface area contributed by atoms with Gasteiger partial charge in [-0.25, -0.2) is 17.5 Å². The summed E-state index contributed by atoms with van der Waals surface area (Å²) in [7, 11) is -3.65. The number of sulfonamides is 1. The van der Waals surface area contributed by atoms with E-state index in [4.69, 9.17) is 11.6 Å². The van der Waals surface area contributed by atoms with Gasteiger partial charge in [-0.1, -0.05) is 11.6 Å². The highest BCUT2D eigenvalue weighted by atomic mass is 35.5. The van der Waals surface area contributed by atoms with Crippen LogP contribution in [0.25, 0.3) is 0 Å². The SMILES string of the molecule is O=S(=O)(NCCc1ccsc1)c1ccc(F)c(Cl)c1. The summed E-state index contributed by atoms with van der Waals surface area (Å²) >= 11 is 7.13. The minimum Gasteiger partial charge on any atom is -0.211 e. The van der Waals surface area contributed by atoms with E-state index in [0.29, 0.717) is 6.42 Å². The second kappa shape index (κ2) is 6.00. The topological polar surface area (TPSA) is 46.2 Å². The molecular weight excluding hydrogens is 309 g/mol. The van der Waals surface area contributed by atoms with Crippen molar-refractivity contribution in [2.75, 3.05) is 6.54 Å². The Morgan fingerprint density at radius 3 is 2.74 bits per heavy atom. The van der Waals surface area contributed by atoms with Gasteiger partial charge in [-0.3, -0.25) is 0 Å². The molecule has 0 aliphatic heterocycles. The number of thiophene rings is 1. The van der Waals surface area contributed by atoms with Gasteiger partial charge in [0, 0.05) is 6.54 Å². The quantitative estimate of drug-likeness (QED) is 0.920. The summed E-state index contributed by atoms with van der Waals surface area (Å²) in [5.41, 5.74) is 1.07. The van der Waals surface area contributed by atoms with Crippen molar-refractivity contribution in [3.8, 4) is 0 Å². The zero-order valence-corrected chi connectivity index (χ0v) is 12.2. The summed E-state index contributed by atoms with van der Waals surface area (Å²) < 4.78 is 39.3.